The molecule has 1 heterocycles. The van der Waals surface area contributed by atoms with Crippen molar-refractivity contribution in [1.29, 1.82) is 0 Å². The lowest BCUT2D eigenvalue weighted by molar-refractivity contribution is 0.0959. The van der Waals surface area contributed by atoms with Gasteiger partial charge in [0, 0.05) is 4.47 Å². The average Bonchev–Trinajstić information content (AvgIpc) is 2.87. The Balaban J connectivity index is 1.73. The fourth-order valence-corrected chi connectivity index (χ4v) is 2.31. The fourth-order valence-electron chi connectivity index (χ4n) is 1.96. The van der Waals surface area contributed by atoms with Gasteiger partial charge in [0.25, 0.3) is 5.91 Å². The van der Waals surface area contributed by atoms with Crippen LogP contribution in [-0.2, 0) is 0 Å². The van der Waals surface area contributed by atoms with Crippen molar-refractivity contribution in [1.82, 2.24) is 10.3 Å². The molecule has 2 aromatic carbocycles. The van der Waals surface area contributed by atoms with Gasteiger partial charge >= 0.3 is 12.0 Å². The van der Waals surface area contributed by atoms with Gasteiger partial charge in [-0.25, -0.2) is 13.6 Å². The molecule has 24 heavy (non-hydrogen) atoms. The minimum atomic E-state index is -1.22. The van der Waals surface area contributed by atoms with Gasteiger partial charge in [-0.05, 0) is 30.3 Å². The highest BCUT2D eigenvalue weighted by Crippen LogP contribution is 2.22. The van der Waals surface area contributed by atoms with Crippen molar-refractivity contribution >= 4 is 45.0 Å². The molecule has 0 aliphatic carbocycles. The highest BCUT2D eigenvalue weighted by atomic mass is 79.9. The fraction of sp³-hybridized carbons (Fsp3) is 0. The van der Waals surface area contributed by atoms with E-state index >= 15 is 0 Å². The maximum absolute atomic E-state index is 13.5. The highest BCUT2D eigenvalue weighted by Gasteiger charge is 2.20. The second kappa shape index (κ2) is 6.36. The number of amides is 3. The molecule has 2 N–H and O–H groups in total. The number of halogens is 3. The summed E-state index contributed by atoms with van der Waals surface area (Å²) in [5, 5.41) is 3.99. The number of fused-ring (bicyclic) bond motifs is 1. The number of hydrogen-bond acceptors (Lipinski definition) is 4. The molecule has 3 aromatic rings. The lowest BCUT2D eigenvalue weighted by Gasteiger charge is -2.05. The number of imide groups is 1. The van der Waals surface area contributed by atoms with E-state index < -0.39 is 29.1 Å². The summed E-state index contributed by atoms with van der Waals surface area (Å²) in [7, 11) is 0. The normalized spacial score (nSPS) is 10.6. The number of anilines is 1. The first-order valence-corrected chi connectivity index (χ1v) is 7.36. The standard InChI is InChI=1S/C15H8BrF2N3O3/c16-7-4-5-11-10(6-7)19-15(24-11)21-14(23)20-13(22)12-8(17)2-1-3-9(12)18/h1-6H,(H2,19,20,21,22,23). The number of nitrogens with one attached hydrogen (secondary N) is 2. The number of rotatable bonds is 2. The first-order valence-electron chi connectivity index (χ1n) is 6.56. The van der Waals surface area contributed by atoms with Crippen molar-refractivity contribution in [2.45, 2.75) is 0 Å². The summed E-state index contributed by atoms with van der Waals surface area (Å²) in [6.45, 7) is 0. The average molecular weight is 396 g/mol. The van der Waals surface area contributed by atoms with Gasteiger partial charge in [0.2, 0.25) is 0 Å². The largest absolute Gasteiger partial charge is 0.423 e. The molecule has 0 radical (unpaired) electrons. The lowest BCUT2D eigenvalue weighted by Crippen LogP contribution is -2.35. The Morgan fingerprint density at radius 3 is 2.54 bits per heavy atom. The molecule has 3 rings (SSSR count). The molecule has 0 fully saturated rings. The van der Waals surface area contributed by atoms with Crippen LogP contribution >= 0.6 is 15.9 Å². The zero-order chi connectivity index (χ0) is 17.3. The Morgan fingerprint density at radius 2 is 1.83 bits per heavy atom. The first kappa shape index (κ1) is 16.1. The van der Waals surface area contributed by atoms with E-state index in [1.807, 2.05) is 0 Å². The molecule has 122 valence electrons. The van der Waals surface area contributed by atoms with Crippen molar-refractivity contribution in [2.75, 3.05) is 5.32 Å². The van der Waals surface area contributed by atoms with Crippen LogP contribution in [0.3, 0.4) is 0 Å². The van der Waals surface area contributed by atoms with Crippen molar-refractivity contribution in [3.05, 3.63) is 58.1 Å². The van der Waals surface area contributed by atoms with E-state index in [9.17, 15) is 18.4 Å². The van der Waals surface area contributed by atoms with E-state index in [2.05, 4.69) is 26.2 Å². The first-order chi connectivity index (χ1) is 11.4. The molecule has 0 atom stereocenters. The van der Waals surface area contributed by atoms with E-state index in [-0.39, 0.29) is 6.01 Å². The molecule has 9 heteroatoms. The number of oxazole rings is 1. The quantitative estimate of drug-likeness (QED) is 0.690. The molecule has 0 spiro atoms. The lowest BCUT2D eigenvalue weighted by atomic mass is 10.2. The van der Waals surface area contributed by atoms with E-state index in [1.54, 1.807) is 23.5 Å². The van der Waals surface area contributed by atoms with Gasteiger partial charge in [-0.1, -0.05) is 22.0 Å². The molecule has 0 bridgehead atoms. The van der Waals surface area contributed by atoms with Crippen LogP contribution in [0.15, 0.2) is 45.3 Å². The monoisotopic (exact) mass is 395 g/mol. The second-order valence-corrected chi connectivity index (χ2v) is 5.55. The number of nitrogens with zero attached hydrogens (tertiary/aromatic N) is 1. The van der Waals surface area contributed by atoms with Gasteiger partial charge in [-0.2, -0.15) is 4.98 Å². The summed E-state index contributed by atoms with van der Waals surface area (Å²) in [5.74, 6) is -3.37. The van der Waals surface area contributed by atoms with Crippen LogP contribution in [0.4, 0.5) is 19.6 Å². The molecule has 0 aliphatic rings. The van der Waals surface area contributed by atoms with E-state index in [0.717, 1.165) is 22.7 Å². The maximum Gasteiger partial charge on any atom is 0.329 e. The third-order valence-electron chi connectivity index (χ3n) is 2.99. The Kier molecular flexibility index (Phi) is 4.26. The topological polar surface area (TPSA) is 84.2 Å². The van der Waals surface area contributed by atoms with Crippen LogP contribution in [0.25, 0.3) is 11.1 Å². The van der Waals surface area contributed by atoms with E-state index in [0.29, 0.717) is 11.1 Å². The number of urea groups is 1. The molecule has 6 nitrogen and oxygen atoms in total. The van der Waals surface area contributed by atoms with Crippen molar-refractivity contribution < 1.29 is 22.8 Å². The summed E-state index contributed by atoms with van der Waals surface area (Å²) in [6.07, 6.45) is 0. The minimum Gasteiger partial charge on any atom is -0.423 e. The zero-order valence-electron chi connectivity index (χ0n) is 11.8. The number of hydrogen-bond donors (Lipinski definition) is 2. The summed E-state index contributed by atoms with van der Waals surface area (Å²) >= 11 is 3.27. The SMILES string of the molecule is O=C(NC(=O)c1c(F)cccc1F)Nc1nc2cc(Br)ccc2o1. The van der Waals surface area contributed by atoms with Crippen LogP contribution in [0.1, 0.15) is 10.4 Å². The Bertz CT molecular complexity index is 938. The Labute approximate surface area is 142 Å². The number of carbonyl (C=O) groups is 2. The van der Waals surface area contributed by atoms with Crippen LogP contribution in [0.2, 0.25) is 0 Å². The maximum atomic E-state index is 13.5. The Morgan fingerprint density at radius 1 is 1.12 bits per heavy atom. The summed E-state index contributed by atoms with van der Waals surface area (Å²) in [4.78, 5) is 27.6. The predicted molar refractivity (Wildman–Crippen MR) is 84.6 cm³/mol. The van der Waals surface area contributed by atoms with Crippen molar-refractivity contribution in [3.8, 4) is 0 Å². The van der Waals surface area contributed by atoms with Crippen LogP contribution < -0.4 is 10.6 Å². The van der Waals surface area contributed by atoms with Gasteiger partial charge in [0.05, 0.1) is 0 Å². The summed E-state index contributed by atoms with van der Waals surface area (Å²) in [6, 6.07) is 6.76. The molecular weight excluding hydrogens is 388 g/mol. The number of carbonyl (C=O) groups excluding carboxylic acids is 2. The van der Waals surface area contributed by atoms with E-state index in [1.165, 1.54) is 0 Å². The molecule has 3 amide bonds. The van der Waals surface area contributed by atoms with Gasteiger partial charge in [0.15, 0.2) is 5.58 Å². The van der Waals surface area contributed by atoms with Gasteiger partial charge in [0.1, 0.15) is 22.7 Å². The molecule has 0 saturated carbocycles. The Hall–Kier alpha value is -2.81. The van der Waals surface area contributed by atoms with Gasteiger partial charge in [-0.3, -0.25) is 15.4 Å². The predicted octanol–water partition coefficient (Wildman–Crippen LogP) is 3.83. The summed E-state index contributed by atoms with van der Waals surface area (Å²) in [5.41, 5.74) is 0.0419. The summed E-state index contributed by atoms with van der Waals surface area (Å²) < 4.78 is 33.0. The molecule has 0 aliphatic heterocycles. The second-order valence-electron chi connectivity index (χ2n) is 4.64. The van der Waals surface area contributed by atoms with Crippen LogP contribution in [-0.4, -0.2) is 16.9 Å². The van der Waals surface area contributed by atoms with Crippen molar-refractivity contribution in [2.24, 2.45) is 0 Å². The zero-order valence-corrected chi connectivity index (χ0v) is 13.4. The van der Waals surface area contributed by atoms with Crippen molar-refractivity contribution in [3.63, 3.8) is 0 Å². The highest BCUT2D eigenvalue weighted by molar-refractivity contribution is 9.10. The van der Waals surface area contributed by atoms with Crippen LogP contribution in [0, 0.1) is 11.6 Å². The van der Waals surface area contributed by atoms with Gasteiger partial charge in [-0.15, -0.1) is 0 Å². The third kappa shape index (κ3) is 3.25. The molecule has 0 saturated heterocycles. The number of benzene rings is 2. The molecular formula is C15H8BrF2N3O3. The minimum absolute atomic E-state index is 0.164. The molecule has 0 unspecified atom stereocenters. The van der Waals surface area contributed by atoms with Gasteiger partial charge < -0.3 is 4.42 Å². The smallest absolute Gasteiger partial charge is 0.329 e. The molecule has 1 aromatic heterocycles. The van der Waals surface area contributed by atoms with E-state index in [4.69, 9.17) is 4.42 Å². The number of aromatic nitrogens is 1. The van der Waals surface area contributed by atoms with Crippen LogP contribution in [0.5, 0.6) is 0 Å². The third-order valence-corrected chi connectivity index (χ3v) is 3.48.